The molecule has 0 unspecified atom stereocenters. The van der Waals surface area contributed by atoms with Crippen LogP contribution < -0.4 is 15.5 Å². The quantitative estimate of drug-likeness (QED) is 0.888. The number of carbonyl (C=O) groups is 1. The maximum Gasteiger partial charge on any atom is 0.241 e. The summed E-state index contributed by atoms with van der Waals surface area (Å²) in [7, 11) is 0. The van der Waals surface area contributed by atoms with Crippen LogP contribution in [0.5, 0.6) is 0 Å². The molecule has 3 rings (SSSR count). The van der Waals surface area contributed by atoms with Crippen LogP contribution in [0.4, 0.5) is 11.4 Å². The molecule has 0 radical (unpaired) electrons. The molecular weight excluding hydrogens is 250 g/mol. The average molecular weight is 273 g/mol. The van der Waals surface area contributed by atoms with Crippen molar-refractivity contribution in [1.29, 1.82) is 0 Å². The summed E-state index contributed by atoms with van der Waals surface area (Å²) >= 11 is 0. The SMILES string of the molecule is O=C(Nc1ccccc1N1CCCC1)[C@@H]1CCCCN1. The lowest BCUT2D eigenvalue weighted by atomic mass is 10.0. The molecule has 0 aliphatic carbocycles. The number of piperidine rings is 1. The Morgan fingerprint density at radius 1 is 1.15 bits per heavy atom. The summed E-state index contributed by atoms with van der Waals surface area (Å²) in [5.74, 6) is 0.108. The summed E-state index contributed by atoms with van der Waals surface area (Å²) in [5.41, 5.74) is 2.11. The van der Waals surface area contributed by atoms with E-state index in [0.29, 0.717) is 0 Å². The summed E-state index contributed by atoms with van der Waals surface area (Å²) in [6.45, 7) is 3.13. The first kappa shape index (κ1) is 13.4. The molecule has 0 aromatic heterocycles. The number of benzene rings is 1. The van der Waals surface area contributed by atoms with Gasteiger partial charge in [0.05, 0.1) is 17.4 Å². The van der Waals surface area contributed by atoms with Crippen LogP contribution >= 0.6 is 0 Å². The van der Waals surface area contributed by atoms with Gasteiger partial charge in [-0.05, 0) is 44.4 Å². The number of hydrogen-bond donors (Lipinski definition) is 2. The van der Waals surface area contributed by atoms with Crippen molar-refractivity contribution in [3.8, 4) is 0 Å². The van der Waals surface area contributed by atoms with Crippen molar-refractivity contribution in [2.75, 3.05) is 29.9 Å². The van der Waals surface area contributed by atoms with E-state index >= 15 is 0 Å². The third-order valence-electron chi connectivity index (χ3n) is 4.24. The fraction of sp³-hybridized carbons (Fsp3) is 0.562. The Bertz CT molecular complexity index is 463. The highest BCUT2D eigenvalue weighted by Gasteiger charge is 2.22. The van der Waals surface area contributed by atoms with Gasteiger partial charge in [0.25, 0.3) is 0 Å². The normalized spacial score (nSPS) is 22.8. The molecule has 2 saturated heterocycles. The van der Waals surface area contributed by atoms with E-state index in [1.54, 1.807) is 0 Å². The van der Waals surface area contributed by atoms with Gasteiger partial charge in [0.15, 0.2) is 0 Å². The second-order valence-corrected chi connectivity index (χ2v) is 5.70. The van der Waals surface area contributed by atoms with Crippen molar-refractivity contribution in [3.63, 3.8) is 0 Å². The minimum Gasteiger partial charge on any atom is -0.370 e. The molecule has 1 atom stereocenters. The topological polar surface area (TPSA) is 44.4 Å². The Morgan fingerprint density at radius 2 is 1.95 bits per heavy atom. The Balaban J connectivity index is 1.71. The first-order valence-electron chi connectivity index (χ1n) is 7.73. The van der Waals surface area contributed by atoms with E-state index in [4.69, 9.17) is 0 Å². The third-order valence-corrected chi connectivity index (χ3v) is 4.24. The number of carbonyl (C=O) groups excluding carboxylic acids is 1. The van der Waals surface area contributed by atoms with Gasteiger partial charge >= 0.3 is 0 Å². The Kier molecular flexibility index (Phi) is 4.21. The molecule has 0 spiro atoms. The highest BCUT2D eigenvalue weighted by molar-refractivity contribution is 5.97. The van der Waals surface area contributed by atoms with Crippen LogP contribution in [-0.4, -0.2) is 31.6 Å². The number of amides is 1. The van der Waals surface area contributed by atoms with Crippen molar-refractivity contribution in [1.82, 2.24) is 5.32 Å². The minimum absolute atomic E-state index is 0.0321. The highest BCUT2D eigenvalue weighted by atomic mass is 16.2. The Morgan fingerprint density at radius 3 is 2.70 bits per heavy atom. The maximum atomic E-state index is 12.3. The third kappa shape index (κ3) is 2.96. The van der Waals surface area contributed by atoms with Gasteiger partial charge in [0, 0.05) is 13.1 Å². The first-order valence-corrected chi connectivity index (χ1v) is 7.73. The van der Waals surface area contributed by atoms with Gasteiger partial charge in [0.1, 0.15) is 0 Å². The number of hydrogen-bond acceptors (Lipinski definition) is 3. The van der Waals surface area contributed by atoms with Gasteiger partial charge in [-0.15, -0.1) is 0 Å². The Hall–Kier alpha value is -1.55. The smallest absolute Gasteiger partial charge is 0.241 e. The largest absolute Gasteiger partial charge is 0.370 e. The van der Waals surface area contributed by atoms with Crippen LogP contribution in [0.25, 0.3) is 0 Å². The molecule has 4 heteroatoms. The highest BCUT2D eigenvalue weighted by Crippen LogP contribution is 2.28. The number of anilines is 2. The predicted octanol–water partition coefficient (Wildman–Crippen LogP) is 2.37. The molecule has 1 aromatic carbocycles. The fourth-order valence-electron chi connectivity index (χ4n) is 3.11. The van der Waals surface area contributed by atoms with Crippen LogP contribution in [0, 0.1) is 0 Å². The number of nitrogens with one attached hydrogen (secondary N) is 2. The van der Waals surface area contributed by atoms with E-state index < -0.39 is 0 Å². The molecule has 1 amide bonds. The first-order chi connectivity index (χ1) is 9.84. The zero-order chi connectivity index (χ0) is 13.8. The van der Waals surface area contributed by atoms with Gasteiger partial charge < -0.3 is 15.5 Å². The van der Waals surface area contributed by atoms with Crippen molar-refractivity contribution in [3.05, 3.63) is 24.3 Å². The van der Waals surface area contributed by atoms with E-state index in [2.05, 4.69) is 21.6 Å². The summed E-state index contributed by atoms with van der Waals surface area (Å²) in [6, 6.07) is 8.12. The van der Waals surface area contributed by atoms with Crippen molar-refractivity contribution in [2.45, 2.75) is 38.1 Å². The maximum absolute atomic E-state index is 12.3. The molecule has 2 aliphatic rings. The van der Waals surface area contributed by atoms with Crippen LogP contribution in [-0.2, 0) is 4.79 Å². The van der Waals surface area contributed by atoms with E-state index in [-0.39, 0.29) is 11.9 Å². The number of rotatable bonds is 3. The molecule has 0 saturated carbocycles. The second-order valence-electron chi connectivity index (χ2n) is 5.70. The zero-order valence-corrected chi connectivity index (χ0v) is 11.9. The van der Waals surface area contributed by atoms with Gasteiger partial charge in [-0.25, -0.2) is 0 Å². The van der Waals surface area contributed by atoms with Crippen molar-refractivity contribution >= 4 is 17.3 Å². The monoisotopic (exact) mass is 273 g/mol. The molecule has 0 bridgehead atoms. The van der Waals surface area contributed by atoms with E-state index in [9.17, 15) is 4.79 Å². The molecule has 2 N–H and O–H groups in total. The number of para-hydroxylation sites is 2. The van der Waals surface area contributed by atoms with E-state index in [1.165, 1.54) is 19.3 Å². The van der Waals surface area contributed by atoms with E-state index in [1.807, 2.05) is 18.2 Å². The molecule has 2 heterocycles. The lowest BCUT2D eigenvalue weighted by Gasteiger charge is -2.25. The van der Waals surface area contributed by atoms with Gasteiger partial charge in [-0.2, -0.15) is 0 Å². The van der Waals surface area contributed by atoms with Crippen LogP contribution in [0.1, 0.15) is 32.1 Å². The molecule has 20 heavy (non-hydrogen) atoms. The molecular formula is C16H23N3O. The predicted molar refractivity (Wildman–Crippen MR) is 82.2 cm³/mol. The summed E-state index contributed by atoms with van der Waals surface area (Å²) in [6.07, 6.45) is 5.74. The van der Waals surface area contributed by atoms with Crippen molar-refractivity contribution in [2.24, 2.45) is 0 Å². The van der Waals surface area contributed by atoms with Crippen LogP contribution in [0.2, 0.25) is 0 Å². The van der Waals surface area contributed by atoms with E-state index in [0.717, 1.165) is 43.9 Å². The van der Waals surface area contributed by atoms with Gasteiger partial charge in [0.2, 0.25) is 5.91 Å². The molecule has 1 aromatic rings. The van der Waals surface area contributed by atoms with Crippen LogP contribution in [0.15, 0.2) is 24.3 Å². The number of nitrogens with zero attached hydrogens (tertiary/aromatic N) is 1. The van der Waals surface area contributed by atoms with Crippen molar-refractivity contribution < 1.29 is 4.79 Å². The Labute approximate surface area is 120 Å². The van der Waals surface area contributed by atoms with Crippen LogP contribution in [0.3, 0.4) is 0 Å². The lowest BCUT2D eigenvalue weighted by molar-refractivity contribution is -0.118. The summed E-state index contributed by atoms with van der Waals surface area (Å²) in [5, 5.41) is 6.42. The molecule has 2 fully saturated rings. The molecule has 4 nitrogen and oxygen atoms in total. The van der Waals surface area contributed by atoms with Gasteiger partial charge in [-0.1, -0.05) is 18.6 Å². The molecule has 108 valence electrons. The summed E-state index contributed by atoms with van der Waals surface area (Å²) < 4.78 is 0. The summed E-state index contributed by atoms with van der Waals surface area (Å²) in [4.78, 5) is 14.7. The standard InChI is InChI=1S/C16H23N3O/c20-16(14-8-3-4-10-17-14)18-13-7-1-2-9-15(13)19-11-5-6-12-19/h1-2,7,9,14,17H,3-6,8,10-12H2,(H,18,20)/t14-/m0/s1. The fourth-order valence-corrected chi connectivity index (χ4v) is 3.11. The second kappa shape index (κ2) is 6.27. The van der Waals surface area contributed by atoms with Gasteiger partial charge in [-0.3, -0.25) is 4.79 Å². The average Bonchev–Trinajstić information content (AvgIpc) is 3.03. The lowest BCUT2D eigenvalue weighted by Crippen LogP contribution is -2.43. The zero-order valence-electron chi connectivity index (χ0n) is 11.9. The molecule has 2 aliphatic heterocycles. The minimum atomic E-state index is -0.0321.